The molecule has 2 aliphatic rings. The highest BCUT2D eigenvalue weighted by Gasteiger charge is 2.35. The quantitative estimate of drug-likeness (QED) is 0.819. The van der Waals surface area contributed by atoms with Crippen molar-refractivity contribution in [2.45, 2.75) is 32.0 Å². The molecule has 0 aromatic heterocycles. The Morgan fingerprint density at radius 3 is 2.64 bits per heavy atom. The van der Waals surface area contributed by atoms with Gasteiger partial charge in [-0.2, -0.15) is 0 Å². The van der Waals surface area contributed by atoms with Crippen LogP contribution in [0.5, 0.6) is 5.75 Å². The summed E-state index contributed by atoms with van der Waals surface area (Å²) in [5.41, 5.74) is 4.00. The van der Waals surface area contributed by atoms with E-state index in [9.17, 15) is 0 Å². The average molecular weight is 335 g/mol. The van der Waals surface area contributed by atoms with Crippen molar-refractivity contribution in [1.82, 2.24) is 4.90 Å². The van der Waals surface area contributed by atoms with E-state index in [0.717, 1.165) is 31.9 Å². The number of ether oxygens (including phenoxy) is 2. The Kier molecular flexibility index (Phi) is 4.86. The number of rotatable bonds is 5. The molecule has 0 amide bonds. The average Bonchev–Trinajstić information content (AvgIpc) is 2.63. The van der Waals surface area contributed by atoms with Gasteiger partial charge in [0, 0.05) is 18.2 Å². The van der Waals surface area contributed by atoms with Crippen molar-refractivity contribution in [3.63, 3.8) is 0 Å². The number of fused-ring (bicyclic) bond motifs is 2. The molecular weight excluding hydrogens is 310 g/mol. The molecule has 130 valence electrons. The molecule has 2 aromatic carbocycles. The molecular formula is C22H25NO2. The van der Waals surface area contributed by atoms with Gasteiger partial charge in [-0.15, -0.1) is 0 Å². The van der Waals surface area contributed by atoms with E-state index in [1.165, 1.54) is 16.7 Å². The summed E-state index contributed by atoms with van der Waals surface area (Å²) in [5, 5.41) is 0. The van der Waals surface area contributed by atoms with E-state index >= 15 is 0 Å². The summed E-state index contributed by atoms with van der Waals surface area (Å²) < 4.78 is 11.7. The maximum Gasteiger partial charge on any atom is 0.126 e. The van der Waals surface area contributed by atoms with Crippen LogP contribution in [0.25, 0.3) is 5.57 Å². The van der Waals surface area contributed by atoms with E-state index in [4.69, 9.17) is 9.47 Å². The van der Waals surface area contributed by atoms with Crippen LogP contribution in [0.15, 0.2) is 60.7 Å². The van der Waals surface area contributed by atoms with Gasteiger partial charge < -0.3 is 9.47 Å². The number of benzene rings is 2. The molecule has 2 heterocycles. The van der Waals surface area contributed by atoms with Crippen LogP contribution in [0, 0.1) is 0 Å². The zero-order valence-corrected chi connectivity index (χ0v) is 14.7. The third-order valence-corrected chi connectivity index (χ3v) is 5.08. The van der Waals surface area contributed by atoms with E-state index in [-0.39, 0.29) is 0 Å². The Morgan fingerprint density at radius 2 is 1.84 bits per heavy atom. The van der Waals surface area contributed by atoms with Gasteiger partial charge in [0.05, 0.1) is 25.9 Å². The number of hydrogen-bond donors (Lipinski definition) is 0. The molecule has 1 fully saturated rings. The molecule has 4 rings (SSSR count). The highest BCUT2D eigenvalue weighted by Crippen LogP contribution is 2.37. The molecule has 0 radical (unpaired) electrons. The number of nitrogens with zero attached hydrogens (tertiary/aromatic N) is 1. The molecule has 0 N–H and O–H groups in total. The molecule has 2 atom stereocenters. The van der Waals surface area contributed by atoms with Crippen molar-refractivity contribution in [2.24, 2.45) is 0 Å². The van der Waals surface area contributed by atoms with Gasteiger partial charge in [-0.3, -0.25) is 4.90 Å². The first-order valence-electron chi connectivity index (χ1n) is 9.15. The van der Waals surface area contributed by atoms with Gasteiger partial charge in [0.1, 0.15) is 5.75 Å². The van der Waals surface area contributed by atoms with E-state index in [1.54, 1.807) is 0 Å². The monoisotopic (exact) mass is 335 g/mol. The minimum absolute atomic E-state index is 0.331. The van der Waals surface area contributed by atoms with Gasteiger partial charge in [-0.25, -0.2) is 0 Å². The van der Waals surface area contributed by atoms with Crippen LogP contribution in [0.1, 0.15) is 24.5 Å². The molecule has 0 spiro atoms. The fourth-order valence-electron chi connectivity index (χ4n) is 3.91. The van der Waals surface area contributed by atoms with Crippen molar-refractivity contribution in [1.29, 1.82) is 0 Å². The van der Waals surface area contributed by atoms with Crippen LogP contribution in [0.4, 0.5) is 0 Å². The van der Waals surface area contributed by atoms with Crippen LogP contribution in [-0.2, 0) is 11.3 Å². The minimum Gasteiger partial charge on any atom is -0.493 e. The Morgan fingerprint density at radius 1 is 1.04 bits per heavy atom. The molecule has 2 aliphatic heterocycles. The number of hydrogen-bond acceptors (Lipinski definition) is 3. The normalized spacial score (nSPS) is 23.2. The summed E-state index contributed by atoms with van der Waals surface area (Å²) in [4.78, 5) is 2.59. The van der Waals surface area contributed by atoms with Crippen LogP contribution in [-0.4, -0.2) is 36.8 Å². The summed E-state index contributed by atoms with van der Waals surface area (Å²) in [6.45, 7) is 5.29. The SMILES string of the molecule is CCOc1ccccc1C1=CC2COCC(C1)N2Cc1ccccc1. The summed E-state index contributed by atoms with van der Waals surface area (Å²) in [7, 11) is 0. The zero-order chi connectivity index (χ0) is 17.1. The van der Waals surface area contributed by atoms with Crippen LogP contribution in [0.2, 0.25) is 0 Å². The van der Waals surface area contributed by atoms with E-state index in [2.05, 4.69) is 59.5 Å². The lowest BCUT2D eigenvalue weighted by Gasteiger charge is -2.45. The Bertz CT molecular complexity index is 741. The van der Waals surface area contributed by atoms with Crippen molar-refractivity contribution in [3.8, 4) is 5.75 Å². The molecule has 2 bridgehead atoms. The zero-order valence-electron chi connectivity index (χ0n) is 14.7. The summed E-state index contributed by atoms with van der Waals surface area (Å²) >= 11 is 0. The second-order valence-electron chi connectivity index (χ2n) is 6.74. The number of morpholine rings is 1. The lowest BCUT2D eigenvalue weighted by atomic mass is 9.89. The van der Waals surface area contributed by atoms with Gasteiger partial charge in [0.25, 0.3) is 0 Å². The molecule has 0 saturated carbocycles. The van der Waals surface area contributed by atoms with Gasteiger partial charge in [0.2, 0.25) is 0 Å². The lowest BCUT2D eigenvalue weighted by Crippen LogP contribution is -2.53. The highest BCUT2D eigenvalue weighted by atomic mass is 16.5. The standard InChI is InChI=1S/C22H25NO2/c1-2-25-22-11-7-6-10-21(22)18-12-19-15-24-16-20(13-18)23(19)14-17-8-4-3-5-9-17/h3-12,19-20H,2,13-16H2,1H3. The second kappa shape index (κ2) is 7.42. The first-order valence-corrected chi connectivity index (χ1v) is 9.15. The highest BCUT2D eigenvalue weighted by molar-refractivity contribution is 5.72. The lowest BCUT2D eigenvalue weighted by molar-refractivity contribution is -0.0403. The van der Waals surface area contributed by atoms with Gasteiger partial charge in [-0.1, -0.05) is 54.6 Å². The van der Waals surface area contributed by atoms with Gasteiger partial charge in [0.15, 0.2) is 0 Å². The van der Waals surface area contributed by atoms with Crippen molar-refractivity contribution < 1.29 is 9.47 Å². The molecule has 2 unspecified atom stereocenters. The predicted octanol–water partition coefficient (Wildman–Crippen LogP) is 4.14. The molecule has 0 aliphatic carbocycles. The molecule has 2 aromatic rings. The van der Waals surface area contributed by atoms with Gasteiger partial charge >= 0.3 is 0 Å². The first kappa shape index (κ1) is 16.4. The fraction of sp³-hybridized carbons (Fsp3) is 0.364. The van der Waals surface area contributed by atoms with Crippen molar-refractivity contribution in [3.05, 3.63) is 71.8 Å². The summed E-state index contributed by atoms with van der Waals surface area (Å²) in [6, 6.07) is 19.9. The van der Waals surface area contributed by atoms with E-state index in [0.29, 0.717) is 18.7 Å². The molecule has 3 heteroatoms. The van der Waals surface area contributed by atoms with E-state index < -0.39 is 0 Å². The third kappa shape index (κ3) is 3.48. The van der Waals surface area contributed by atoms with E-state index in [1.807, 2.05) is 13.0 Å². The van der Waals surface area contributed by atoms with Crippen LogP contribution < -0.4 is 4.74 Å². The van der Waals surface area contributed by atoms with Crippen molar-refractivity contribution >= 4 is 5.57 Å². The topological polar surface area (TPSA) is 21.7 Å². The largest absolute Gasteiger partial charge is 0.493 e. The second-order valence-corrected chi connectivity index (χ2v) is 6.74. The smallest absolute Gasteiger partial charge is 0.126 e. The summed E-state index contributed by atoms with van der Waals surface area (Å²) in [5.74, 6) is 0.992. The summed E-state index contributed by atoms with van der Waals surface area (Å²) in [6.07, 6.45) is 3.39. The maximum absolute atomic E-state index is 5.85. The van der Waals surface area contributed by atoms with Crippen LogP contribution in [0.3, 0.4) is 0 Å². The minimum atomic E-state index is 0.331. The maximum atomic E-state index is 5.85. The number of para-hydroxylation sites is 1. The third-order valence-electron chi connectivity index (χ3n) is 5.08. The fourth-order valence-corrected chi connectivity index (χ4v) is 3.91. The van der Waals surface area contributed by atoms with Crippen LogP contribution >= 0.6 is 0 Å². The Hall–Kier alpha value is -2.10. The Balaban J connectivity index is 1.61. The first-order chi connectivity index (χ1) is 12.3. The van der Waals surface area contributed by atoms with Gasteiger partial charge in [-0.05, 0) is 30.5 Å². The molecule has 1 saturated heterocycles. The van der Waals surface area contributed by atoms with Crippen molar-refractivity contribution in [2.75, 3.05) is 19.8 Å². The molecule has 25 heavy (non-hydrogen) atoms. The predicted molar refractivity (Wildman–Crippen MR) is 101 cm³/mol. The molecule has 3 nitrogen and oxygen atoms in total. The Labute approximate surface area is 149 Å².